The van der Waals surface area contributed by atoms with Gasteiger partial charge in [0.25, 0.3) is 0 Å². The molecule has 1 saturated heterocycles. The molecule has 0 aromatic heterocycles. The number of unbranched alkanes of at least 4 members (excludes halogenated alkanes) is 2. The maximum atomic E-state index is 6.13. The summed E-state index contributed by atoms with van der Waals surface area (Å²) in [5, 5.41) is 1.10. The van der Waals surface area contributed by atoms with Crippen LogP contribution in [0.2, 0.25) is 0 Å². The minimum absolute atomic E-state index is 0.000621. The fraction of sp³-hybridized carbons (Fsp3) is 0.684. The average molecular weight is 369 g/mol. The summed E-state index contributed by atoms with van der Waals surface area (Å²) in [5.41, 5.74) is 1.46. The fourth-order valence-corrected chi connectivity index (χ4v) is 3.44. The molecule has 0 N–H and O–H groups in total. The van der Waals surface area contributed by atoms with Crippen molar-refractivity contribution in [3.05, 3.63) is 35.9 Å². The van der Waals surface area contributed by atoms with Crippen LogP contribution in [0.4, 0.5) is 0 Å². The van der Waals surface area contributed by atoms with Crippen LogP contribution < -0.4 is 0 Å². The Labute approximate surface area is 143 Å². The SMILES string of the molecule is C[C@@](CCCCCBr)(CO[C@H]1CCCCO1)c1ccccc1. The normalized spacial score (nSPS) is 21.5. The number of halogens is 1. The molecule has 0 amide bonds. The molecule has 1 fully saturated rings. The lowest BCUT2D eigenvalue weighted by atomic mass is 9.79. The van der Waals surface area contributed by atoms with Gasteiger partial charge >= 0.3 is 0 Å². The van der Waals surface area contributed by atoms with Crippen molar-refractivity contribution in [3.63, 3.8) is 0 Å². The standard InChI is InChI=1S/C19H29BrO2/c1-19(13-7-3-8-14-20,17-10-4-2-5-11-17)16-22-18-12-6-9-15-21-18/h2,4-5,10-11,18H,3,6-9,12-16H2,1H3/t18-,19+/m0/s1. The maximum absolute atomic E-state index is 6.13. The summed E-state index contributed by atoms with van der Waals surface area (Å²) in [5.74, 6) is 0. The van der Waals surface area contributed by atoms with Crippen molar-refractivity contribution in [3.8, 4) is 0 Å². The Bertz CT molecular complexity index is 403. The molecule has 2 rings (SSSR count). The summed E-state index contributed by atoms with van der Waals surface area (Å²) < 4.78 is 11.9. The molecule has 0 aliphatic carbocycles. The van der Waals surface area contributed by atoms with Crippen molar-refractivity contribution in [2.24, 2.45) is 0 Å². The lowest BCUT2D eigenvalue weighted by molar-refractivity contribution is -0.171. The molecule has 124 valence electrons. The first kappa shape index (κ1) is 18.0. The summed E-state index contributed by atoms with van der Waals surface area (Å²) in [4.78, 5) is 0. The number of rotatable bonds is 9. The van der Waals surface area contributed by atoms with Crippen molar-refractivity contribution in [2.45, 2.75) is 63.6 Å². The van der Waals surface area contributed by atoms with Crippen LogP contribution in [0.3, 0.4) is 0 Å². The Balaban J connectivity index is 1.94. The smallest absolute Gasteiger partial charge is 0.157 e. The van der Waals surface area contributed by atoms with Crippen molar-refractivity contribution < 1.29 is 9.47 Å². The molecule has 1 aromatic carbocycles. The molecule has 0 radical (unpaired) electrons. The van der Waals surface area contributed by atoms with Gasteiger partial charge in [0.1, 0.15) is 0 Å². The molecular weight excluding hydrogens is 340 g/mol. The van der Waals surface area contributed by atoms with Gasteiger partial charge in [-0.15, -0.1) is 0 Å². The number of alkyl halides is 1. The van der Waals surface area contributed by atoms with E-state index in [9.17, 15) is 0 Å². The second-order valence-electron chi connectivity index (χ2n) is 6.53. The highest BCUT2D eigenvalue weighted by molar-refractivity contribution is 9.09. The van der Waals surface area contributed by atoms with E-state index in [1.807, 2.05) is 0 Å². The zero-order valence-electron chi connectivity index (χ0n) is 13.7. The molecule has 0 spiro atoms. The van der Waals surface area contributed by atoms with Crippen LogP contribution >= 0.6 is 15.9 Å². The minimum Gasteiger partial charge on any atom is -0.353 e. The van der Waals surface area contributed by atoms with Gasteiger partial charge in [-0.1, -0.05) is 66.0 Å². The lowest BCUT2D eigenvalue weighted by Crippen LogP contribution is -2.33. The second kappa shape index (κ2) is 9.69. The van der Waals surface area contributed by atoms with Gasteiger partial charge in [-0.3, -0.25) is 0 Å². The highest BCUT2D eigenvalue weighted by Gasteiger charge is 2.28. The molecule has 0 saturated carbocycles. The Hall–Kier alpha value is -0.380. The molecular formula is C19H29BrO2. The molecule has 1 heterocycles. The Morgan fingerprint density at radius 3 is 2.68 bits per heavy atom. The molecule has 1 aliphatic heterocycles. The van der Waals surface area contributed by atoms with Crippen LogP contribution in [0.5, 0.6) is 0 Å². The third-order valence-electron chi connectivity index (χ3n) is 4.56. The van der Waals surface area contributed by atoms with Gasteiger partial charge in [-0.2, -0.15) is 0 Å². The van der Waals surface area contributed by atoms with Gasteiger partial charge < -0.3 is 9.47 Å². The van der Waals surface area contributed by atoms with Crippen LogP contribution in [0.1, 0.15) is 57.4 Å². The summed E-state index contributed by atoms with van der Waals surface area (Å²) in [7, 11) is 0. The summed E-state index contributed by atoms with van der Waals surface area (Å²) >= 11 is 3.52. The summed E-state index contributed by atoms with van der Waals surface area (Å²) in [6, 6.07) is 10.8. The average Bonchev–Trinajstić information content (AvgIpc) is 2.59. The molecule has 0 bridgehead atoms. The highest BCUT2D eigenvalue weighted by atomic mass is 79.9. The number of ether oxygens (including phenoxy) is 2. The summed E-state index contributed by atoms with van der Waals surface area (Å²) in [6.07, 6.45) is 8.35. The largest absolute Gasteiger partial charge is 0.353 e. The van der Waals surface area contributed by atoms with Crippen LogP contribution in [0, 0.1) is 0 Å². The van der Waals surface area contributed by atoms with Gasteiger partial charge in [-0.05, 0) is 37.7 Å². The topological polar surface area (TPSA) is 18.5 Å². The Morgan fingerprint density at radius 2 is 2.00 bits per heavy atom. The second-order valence-corrected chi connectivity index (χ2v) is 7.33. The first-order valence-corrected chi connectivity index (χ1v) is 9.71. The third-order valence-corrected chi connectivity index (χ3v) is 5.12. The van der Waals surface area contributed by atoms with E-state index in [1.54, 1.807) is 0 Å². The van der Waals surface area contributed by atoms with Crippen molar-refractivity contribution in [2.75, 3.05) is 18.5 Å². The maximum Gasteiger partial charge on any atom is 0.157 e. The lowest BCUT2D eigenvalue weighted by Gasteiger charge is -2.33. The summed E-state index contributed by atoms with van der Waals surface area (Å²) in [6.45, 7) is 3.92. The van der Waals surface area contributed by atoms with E-state index >= 15 is 0 Å². The molecule has 2 atom stereocenters. The zero-order chi connectivity index (χ0) is 15.7. The van der Waals surface area contributed by atoms with Crippen LogP contribution in [-0.2, 0) is 14.9 Å². The zero-order valence-corrected chi connectivity index (χ0v) is 15.3. The van der Waals surface area contributed by atoms with E-state index < -0.39 is 0 Å². The molecule has 2 nitrogen and oxygen atoms in total. The number of hydrogen-bond acceptors (Lipinski definition) is 2. The van der Waals surface area contributed by atoms with E-state index in [0.29, 0.717) is 0 Å². The molecule has 22 heavy (non-hydrogen) atoms. The van der Waals surface area contributed by atoms with Gasteiger partial charge in [0.05, 0.1) is 6.61 Å². The number of benzene rings is 1. The van der Waals surface area contributed by atoms with Gasteiger partial charge in [0.2, 0.25) is 0 Å². The third kappa shape index (κ3) is 5.68. The molecule has 1 aliphatic rings. The fourth-order valence-electron chi connectivity index (χ4n) is 3.05. The van der Waals surface area contributed by atoms with Crippen molar-refractivity contribution in [1.82, 2.24) is 0 Å². The Morgan fingerprint density at radius 1 is 1.18 bits per heavy atom. The minimum atomic E-state index is -0.000621. The van der Waals surface area contributed by atoms with E-state index in [2.05, 4.69) is 53.2 Å². The predicted molar refractivity (Wildman–Crippen MR) is 95.6 cm³/mol. The quantitative estimate of drug-likeness (QED) is 0.426. The monoisotopic (exact) mass is 368 g/mol. The van der Waals surface area contributed by atoms with Crippen molar-refractivity contribution in [1.29, 1.82) is 0 Å². The molecule has 0 unspecified atom stereocenters. The van der Waals surface area contributed by atoms with E-state index in [1.165, 1.54) is 37.7 Å². The van der Waals surface area contributed by atoms with E-state index in [0.717, 1.165) is 31.4 Å². The van der Waals surface area contributed by atoms with E-state index in [4.69, 9.17) is 9.47 Å². The van der Waals surface area contributed by atoms with Crippen LogP contribution in [0.15, 0.2) is 30.3 Å². The first-order valence-electron chi connectivity index (χ1n) is 8.59. The van der Waals surface area contributed by atoms with Crippen LogP contribution in [-0.4, -0.2) is 24.8 Å². The first-order chi connectivity index (χ1) is 10.7. The number of hydrogen-bond donors (Lipinski definition) is 0. The molecule has 1 aromatic rings. The highest BCUT2D eigenvalue weighted by Crippen LogP contribution is 2.31. The molecule has 3 heteroatoms. The van der Waals surface area contributed by atoms with Gasteiger partial charge in [0, 0.05) is 17.4 Å². The van der Waals surface area contributed by atoms with Crippen molar-refractivity contribution >= 4 is 15.9 Å². The van der Waals surface area contributed by atoms with E-state index in [-0.39, 0.29) is 11.7 Å². The Kier molecular flexibility index (Phi) is 7.91. The van der Waals surface area contributed by atoms with Gasteiger partial charge in [-0.25, -0.2) is 0 Å². The van der Waals surface area contributed by atoms with Crippen LogP contribution in [0.25, 0.3) is 0 Å². The van der Waals surface area contributed by atoms with Gasteiger partial charge in [0.15, 0.2) is 6.29 Å². The predicted octanol–water partition coefficient (Wildman–Crippen LogP) is 5.44.